The lowest BCUT2D eigenvalue weighted by Crippen LogP contribution is -2.02. The average Bonchev–Trinajstić information content (AvgIpc) is 2.81. The molecule has 0 aliphatic carbocycles. The van der Waals surface area contributed by atoms with Gasteiger partial charge in [-0.1, -0.05) is 18.2 Å². The Morgan fingerprint density at radius 1 is 1.27 bits per heavy atom. The van der Waals surface area contributed by atoms with E-state index in [0.29, 0.717) is 41.4 Å². The van der Waals surface area contributed by atoms with Crippen molar-refractivity contribution in [1.29, 1.82) is 5.26 Å². The summed E-state index contributed by atoms with van der Waals surface area (Å²) in [5.41, 5.74) is 3.06. The number of rotatable bonds is 4. The van der Waals surface area contributed by atoms with Crippen LogP contribution in [0.2, 0.25) is 0 Å². The highest BCUT2D eigenvalue weighted by molar-refractivity contribution is 6.13. The summed E-state index contributed by atoms with van der Waals surface area (Å²) in [5.74, 6) is 1.65. The number of ether oxygens (including phenoxy) is 3. The van der Waals surface area contributed by atoms with Crippen molar-refractivity contribution >= 4 is 11.9 Å². The molecule has 1 heterocycles. The molecule has 2 aromatic carbocycles. The monoisotopic (exact) mass is 349 g/mol. The van der Waals surface area contributed by atoms with Gasteiger partial charge in [0.25, 0.3) is 0 Å². The summed E-state index contributed by atoms with van der Waals surface area (Å²) in [6.07, 6.45) is 2.38. The van der Waals surface area contributed by atoms with Crippen molar-refractivity contribution in [3.05, 3.63) is 58.7 Å². The second kappa shape index (κ2) is 7.75. The van der Waals surface area contributed by atoms with Crippen molar-refractivity contribution in [2.75, 3.05) is 20.3 Å². The van der Waals surface area contributed by atoms with Crippen molar-refractivity contribution in [2.24, 2.45) is 0 Å². The minimum atomic E-state index is -0.0528. The van der Waals surface area contributed by atoms with E-state index in [1.54, 1.807) is 18.2 Å². The van der Waals surface area contributed by atoms with E-state index in [0.717, 1.165) is 11.1 Å². The molecule has 5 heteroatoms. The molecule has 0 unspecified atom stereocenters. The van der Waals surface area contributed by atoms with Crippen LogP contribution in [0.3, 0.4) is 0 Å². The van der Waals surface area contributed by atoms with Crippen molar-refractivity contribution < 1.29 is 19.0 Å². The maximum absolute atomic E-state index is 12.9. The lowest BCUT2D eigenvalue weighted by molar-refractivity contribution is 0.103. The summed E-state index contributed by atoms with van der Waals surface area (Å²) >= 11 is 0. The molecule has 26 heavy (non-hydrogen) atoms. The number of fused-ring (bicyclic) bond motifs is 1. The van der Waals surface area contributed by atoms with E-state index < -0.39 is 0 Å². The van der Waals surface area contributed by atoms with E-state index in [1.165, 1.54) is 7.11 Å². The molecular weight excluding hydrogens is 330 g/mol. The van der Waals surface area contributed by atoms with Crippen LogP contribution in [-0.4, -0.2) is 26.1 Å². The molecular formula is C21H19NO4. The van der Waals surface area contributed by atoms with Gasteiger partial charge in [-0.25, -0.2) is 0 Å². The highest BCUT2D eigenvalue weighted by Crippen LogP contribution is 2.32. The zero-order chi connectivity index (χ0) is 18.5. The Hall–Kier alpha value is -3.26. The second-order valence-corrected chi connectivity index (χ2v) is 5.91. The van der Waals surface area contributed by atoms with Crippen LogP contribution in [-0.2, 0) is 0 Å². The van der Waals surface area contributed by atoms with Gasteiger partial charge in [-0.15, -0.1) is 0 Å². The van der Waals surface area contributed by atoms with Gasteiger partial charge < -0.3 is 14.2 Å². The molecule has 0 radical (unpaired) electrons. The van der Waals surface area contributed by atoms with Gasteiger partial charge in [0, 0.05) is 12.0 Å². The molecule has 132 valence electrons. The number of Topliss-reactive ketones (excluding diaryl/α,β-unsaturated/α-hetero) is 1. The third kappa shape index (κ3) is 3.55. The Kier molecular flexibility index (Phi) is 5.23. The number of carbonyl (C=O) groups is 1. The van der Waals surface area contributed by atoms with Crippen LogP contribution in [0.1, 0.15) is 27.9 Å². The number of benzene rings is 2. The predicted molar refractivity (Wildman–Crippen MR) is 97.7 cm³/mol. The molecule has 1 aliphatic rings. The Morgan fingerprint density at radius 3 is 2.88 bits per heavy atom. The summed E-state index contributed by atoms with van der Waals surface area (Å²) in [5, 5.41) is 8.64. The van der Waals surface area contributed by atoms with E-state index in [-0.39, 0.29) is 12.4 Å². The van der Waals surface area contributed by atoms with Crippen LogP contribution in [0, 0.1) is 18.3 Å². The Labute approximate surface area is 152 Å². The summed E-state index contributed by atoms with van der Waals surface area (Å²) in [4.78, 5) is 12.9. The Bertz CT molecular complexity index is 909. The molecule has 0 aromatic heterocycles. The number of carbonyl (C=O) groups excluding carboxylic acids is 1. The number of nitriles is 1. The van der Waals surface area contributed by atoms with Gasteiger partial charge in [-0.05, 0) is 42.3 Å². The van der Waals surface area contributed by atoms with Gasteiger partial charge in [-0.2, -0.15) is 5.26 Å². The van der Waals surface area contributed by atoms with Crippen LogP contribution in [0.4, 0.5) is 0 Å². The number of para-hydroxylation sites is 1. The van der Waals surface area contributed by atoms with Crippen LogP contribution >= 0.6 is 0 Å². The van der Waals surface area contributed by atoms with E-state index in [9.17, 15) is 4.79 Å². The molecule has 0 fully saturated rings. The smallest absolute Gasteiger partial charge is 0.192 e. The fraction of sp³-hybridized carbons (Fsp3) is 0.238. The third-order valence-electron chi connectivity index (χ3n) is 4.19. The molecule has 0 spiro atoms. The fourth-order valence-corrected chi connectivity index (χ4v) is 2.91. The fourth-order valence-electron chi connectivity index (χ4n) is 2.91. The highest BCUT2D eigenvalue weighted by atomic mass is 16.5. The molecule has 5 nitrogen and oxygen atoms in total. The molecule has 0 amide bonds. The number of methoxy groups -OCH3 is 1. The van der Waals surface area contributed by atoms with Crippen LogP contribution in [0.25, 0.3) is 6.08 Å². The minimum Gasteiger partial charge on any atom is -0.493 e. The average molecular weight is 349 g/mol. The van der Waals surface area contributed by atoms with Crippen molar-refractivity contribution in [3.63, 3.8) is 0 Å². The summed E-state index contributed by atoms with van der Waals surface area (Å²) in [7, 11) is 1.54. The van der Waals surface area contributed by atoms with Gasteiger partial charge >= 0.3 is 0 Å². The number of nitrogens with zero attached hydrogens (tertiary/aromatic N) is 1. The van der Waals surface area contributed by atoms with E-state index in [1.807, 2.05) is 37.3 Å². The number of ketones is 1. The maximum atomic E-state index is 12.9. The van der Waals surface area contributed by atoms with Gasteiger partial charge in [0.2, 0.25) is 0 Å². The molecule has 0 atom stereocenters. The van der Waals surface area contributed by atoms with Gasteiger partial charge in [0.05, 0.1) is 19.3 Å². The third-order valence-corrected chi connectivity index (χ3v) is 4.19. The number of hydrogen-bond donors (Lipinski definition) is 0. The van der Waals surface area contributed by atoms with E-state index in [2.05, 4.69) is 0 Å². The quantitative estimate of drug-likeness (QED) is 0.782. The highest BCUT2D eigenvalue weighted by Gasteiger charge is 2.22. The summed E-state index contributed by atoms with van der Waals surface area (Å²) in [6.45, 7) is 2.34. The molecule has 0 bridgehead atoms. The van der Waals surface area contributed by atoms with Gasteiger partial charge in [-0.3, -0.25) is 4.79 Å². The first-order valence-corrected chi connectivity index (χ1v) is 8.29. The van der Waals surface area contributed by atoms with Gasteiger partial charge in [0.1, 0.15) is 11.8 Å². The minimum absolute atomic E-state index is 0.0232. The lowest BCUT2D eigenvalue weighted by Gasteiger charge is -2.10. The first kappa shape index (κ1) is 17.6. The largest absolute Gasteiger partial charge is 0.493 e. The normalized spacial score (nSPS) is 14.8. The SMILES string of the molecule is COc1cc(C=C2CCOc3c(C)cccc3C2=O)ccc1OCC#N. The maximum Gasteiger partial charge on any atom is 0.192 e. The van der Waals surface area contributed by atoms with Crippen molar-refractivity contribution in [1.82, 2.24) is 0 Å². The predicted octanol–water partition coefficient (Wildman–Crippen LogP) is 3.95. The van der Waals surface area contributed by atoms with Gasteiger partial charge in [0.15, 0.2) is 23.9 Å². The lowest BCUT2D eigenvalue weighted by atomic mass is 9.97. The summed E-state index contributed by atoms with van der Waals surface area (Å²) < 4.78 is 16.4. The zero-order valence-electron chi connectivity index (χ0n) is 14.7. The van der Waals surface area contributed by atoms with Crippen LogP contribution in [0.15, 0.2) is 42.0 Å². The first-order valence-electron chi connectivity index (χ1n) is 8.29. The molecule has 1 aliphatic heterocycles. The van der Waals surface area contributed by atoms with Crippen LogP contribution in [0.5, 0.6) is 17.2 Å². The van der Waals surface area contributed by atoms with E-state index in [4.69, 9.17) is 19.5 Å². The van der Waals surface area contributed by atoms with Crippen LogP contribution < -0.4 is 14.2 Å². The Morgan fingerprint density at radius 2 is 2.12 bits per heavy atom. The second-order valence-electron chi connectivity index (χ2n) is 5.91. The molecule has 0 N–H and O–H groups in total. The van der Waals surface area contributed by atoms with E-state index >= 15 is 0 Å². The van der Waals surface area contributed by atoms with Crippen molar-refractivity contribution in [2.45, 2.75) is 13.3 Å². The number of aryl methyl sites for hydroxylation is 1. The zero-order valence-corrected chi connectivity index (χ0v) is 14.7. The molecule has 3 rings (SSSR count). The topological polar surface area (TPSA) is 68.6 Å². The Balaban J connectivity index is 1.94. The number of hydrogen-bond acceptors (Lipinski definition) is 5. The molecule has 0 saturated heterocycles. The summed E-state index contributed by atoms with van der Waals surface area (Å²) in [6, 6.07) is 12.9. The standard InChI is InChI=1S/C21H19NO4/c1-14-4-3-5-17-20(23)16(8-10-26-21(14)17)12-15-6-7-18(25-11-9-22)19(13-15)24-2/h3-7,12-13H,8,10-11H2,1-2H3. The molecule has 0 saturated carbocycles. The van der Waals surface area contributed by atoms with Crippen molar-refractivity contribution in [3.8, 4) is 23.3 Å². The molecule has 2 aromatic rings. The first-order chi connectivity index (χ1) is 12.6.